The zero-order valence-electron chi connectivity index (χ0n) is 25.7. The van der Waals surface area contributed by atoms with E-state index in [-0.39, 0.29) is 23.8 Å². The van der Waals surface area contributed by atoms with Crippen LogP contribution in [0.2, 0.25) is 0 Å². The van der Waals surface area contributed by atoms with E-state index in [1.807, 2.05) is 62.9 Å². The number of hydrogen-bond acceptors (Lipinski definition) is 5. The van der Waals surface area contributed by atoms with E-state index in [1.165, 1.54) is 5.56 Å². The van der Waals surface area contributed by atoms with Crippen LogP contribution in [0.5, 0.6) is 11.5 Å². The summed E-state index contributed by atoms with van der Waals surface area (Å²) in [5, 5.41) is 20.9. The number of unbranched alkanes of at least 4 members (excludes halogenated alkanes) is 1. The first-order valence-electron chi connectivity index (χ1n) is 15.1. The first-order chi connectivity index (χ1) is 19.5. The normalized spacial score (nSPS) is 16.8. The van der Waals surface area contributed by atoms with Crippen molar-refractivity contribution >= 4 is 11.9 Å². The van der Waals surface area contributed by atoms with Crippen molar-refractivity contribution in [2.24, 2.45) is 10.8 Å². The molecule has 1 saturated carbocycles. The van der Waals surface area contributed by atoms with E-state index in [1.54, 1.807) is 0 Å². The first-order valence-corrected chi connectivity index (χ1v) is 15.1. The Hall–Kier alpha value is -3.06. The fourth-order valence-electron chi connectivity index (χ4n) is 6.44. The molecule has 2 aromatic rings. The van der Waals surface area contributed by atoms with Gasteiger partial charge in [-0.3, -0.25) is 9.59 Å². The standard InChI is InChI=1S/C34H49NO6/c1-7-27(36)31-28(40-8-2)19-26(20-29(31)41-9-3)24(4)35(18-14-13-17-25-15-11-10-12-16-25)30(37)21-34(32(38)39)22-33(5,6)23-34/h10-12,15-16,19-20,24,27,36H,7-9,13-14,17-18,21-23H2,1-6H3,(H,38,39). The van der Waals surface area contributed by atoms with Gasteiger partial charge in [-0.1, -0.05) is 51.1 Å². The second-order valence-corrected chi connectivity index (χ2v) is 12.2. The van der Waals surface area contributed by atoms with Crippen LogP contribution in [0, 0.1) is 10.8 Å². The molecule has 3 rings (SSSR count). The van der Waals surface area contributed by atoms with Crippen LogP contribution < -0.4 is 9.47 Å². The molecule has 2 atom stereocenters. The number of ether oxygens (including phenoxy) is 2. The lowest BCUT2D eigenvalue weighted by Gasteiger charge is -2.50. The molecule has 1 fully saturated rings. The molecule has 0 saturated heterocycles. The lowest BCUT2D eigenvalue weighted by atomic mass is 9.53. The highest BCUT2D eigenvalue weighted by Crippen LogP contribution is 2.56. The van der Waals surface area contributed by atoms with Crippen molar-refractivity contribution in [3.8, 4) is 11.5 Å². The number of carboxylic acid groups (broad SMARTS) is 1. The van der Waals surface area contributed by atoms with Crippen molar-refractivity contribution in [3.05, 3.63) is 59.2 Å². The van der Waals surface area contributed by atoms with Gasteiger partial charge >= 0.3 is 5.97 Å². The number of aliphatic hydroxyl groups excluding tert-OH is 1. The van der Waals surface area contributed by atoms with Crippen LogP contribution in [-0.4, -0.2) is 46.7 Å². The third-order valence-electron chi connectivity index (χ3n) is 8.25. The van der Waals surface area contributed by atoms with Gasteiger partial charge in [-0.25, -0.2) is 0 Å². The highest BCUT2D eigenvalue weighted by Gasteiger charge is 2.56. The highest BCUT2D eigenvalue weighted by atomic mass is 16.5. The minimum atomic E-state index is -1.02. The van der Waals surface area contributed by atoms with Crippen LogP contribution >= 0.6 is 0 Å². The van der Waals surface area contributed by atoms with Crippen LogP contribution in [0.1, 0.15) is 109 Å². The van der Waals surface area contributed by atoms with Gasteiger partial charge in [-0.05, 0) is 88.0 Å². The van der Waals surface area contributed by atoms with Crippen LogP contribution in [0.4, 0.5) is 0 Å². The fourth-order valence-corrected chi connectivity index (χ4v) is 6.44. The zero-order valence-corrected chi connectivity index (χ0v) is 25.7. The van der Waals surface area contributed by atoms with Gasteiger partial charge in [0, 0.05) is 13.0 Å². The summed E-state index contributed by atoms with van der Waals surface area (Å²) >= 11 is 0. The molecule has 7 heteroatoms. The van der Waals surface area contributed by atoms with Crippen molar-refractivity contribution in [3.63, 3.8) is 0 Å². The maximum atomic E-state index is 13.9. The quantitative estimate of drug-likeness (QED) is 0.210. The summed E-state index contributed by atoms with van der Waals surface area (Å²) in [5.74, 6) is 0.0588. The SMILES string of the molecule is CCOc1cc(C(C)N(CCCCc2ccccc2)C(=O)CC2(C(=O)O)CC(C)(C)C2)cc(OCC)c1C(O)CC. The summed E-state index contributed by atoms with van der Waals surface area (Å²) in [6.07, 6.45) is 3.35. The van der Waals surface area contributed by atoms with E-state index in [2.05, 4.69) is 26.0 Å². The van der Waals surface area contributed by atoms with Gasteiger partial charge in [0.25, 0.3) is 0 Å². The molecule has 1 aliphatic carbocycles. The van der Waals surface area contributed by atoms with E-state index in [0.717, 1.165) is 24.8 Å². The molecule has 0 aliphatic heterocycles. The molecule has 226 valence electrons. The minimum Gasteiger partial charge on any atom is -0.493 e. The smallest absolute Gasteiger partial charge is 0.310 e. The molecule has 1 aliphatic rings. The molecule has 0 heterocycles. The topological polar surface area (TPSA) is 96.3 Å². The van der Waals surface area contributed by atoms with Gasteiger partial charge in [0.2, 0.25) is 5.91 Å². The molecule has 0 radical (unpaired) electrons. The predicted molar refractivity (Wildman–Crippen MR) is 161 cm³/mol. The van der Waals surface area contributed by atoms with Crippen molar-refractivity contribution in [1.82, 2.24) is 4.90 Å². The van der Waals surface area contributed by atoms with Crippen LogP contribution in [-0.2, 0) is 16.0 Å². The van der Waals surface area contributed by atoms with E-state index in [4.69, 9.17) is 9.47 Å². The Morgan fingerprint density at radius 3 is 2.05 bits per heavy atom. The molecule has 0 bridgehead atoms. The van der Waals surface area contributed by atoms with Crippen molar-refractivity contribution in [2.45, 2.75) is 98.6 Å². The number of hydrogen-bond donors (Lipinski definition) is 2. The summed E-state index contributed by atoms with van der Waals surface area (Å²) in [7, 11) is 0. The van der Waals surface area contributed by atoms with E-state index in [0.29, 0.717) is 56.1 Å². The number of carbonyl (C=O) groups excluding carboxylic acids is 1. The second kappa shape index (κ2) is 14.2. The lowest BCUT2D eigenvalue weighted by Crippen LogP contribution is -2.51. The summed E-state index contributed by atoms with van der Waals surface area (Å²) in [5.41, 5.74) is 1.60. The van der Waals surface area contributed by atoms with Gasteiger partial charge in [0.15, 0.2) is 0 Å². The Morgan fingerprint density at radius 1 is 0.976 bits per heavy atom. The van der Waals surface area contributed by atoms with Crippen molar-refractivity contribution < 1.29 is 29.3 Å². The number of carboxylic acids is 1. The zero-order chi connectivity index (χ0) is 30.2. The highest BCUT2D eigenvalue weighted by molar-refractivity contribution is 5.86. The maximum Gasteiger partial charge on any atom is 0.310 e. The molecule has 1 amide bonds. The molecule has 0 spiro atoms. The number of aliphatic hydroxyl groups is 1. The van der Waals surface area contributed by atoms with Gasteiger partial charge in [-0.2, -0.15) is 0 Å². The molecule has 2 aromatic carbocycles. The van der Waals surface area contributed by atoms with Crippen molar-refractivity contribution in [2.75, 3.05) is 19.8 Å². The molecule has 2 N–H and O–H groups in total. The summed E-state index contributed by atoms with van der Waals surface area (Å²) < 4.78 is 11.9. The predicted octanol–water partition coefficient (Wildman–Crippen LogP) is 7.12. The van der Waals surface area contributed by atoms with E-state index < -0.39 is 17.5 Å². The fraction of sp³-hybridized carbons (Fsp3) is 0.588. The average Bonchev–Trinajstić information content (AvgIpc) is 2.91. The van der Waals surface area contributed by atoms with Crippen LogP contribution in [0.15, 0.2) is 42.5 Å². The third-order valence-corrected chi connectivity index (χ3v) is 8.25. The van der Waals surface area contributed by atoms with Crippen LogP contribution in [0.25, 0.3) is 0 Å². The van der Waals surface area contributed by atoms with Gasteiger partial charge in [0.1, 0.15) is 11.5 Å². The number of rotatable bonds is 16. The monoisotopic (exact) mass is 567 g/mol. The lowest BCUT2D eigenvalue weighted by molar-refractivity contribution is -0.169. The Morgan fingerprint density at radius 2 is 1.56 bits per heavy atom. The number of amides is 1. The van der Waals surface area contributed by atoms with Gasteiger partial charge in [-0.15, -0.1) is 0 Å². The Bertz CT molecular complexity index is 1130. The van der Waals surface area contributed by atoms with Gasteiger partial charge in [0.05, 0.1) is 36.3 Å². The Labute approximate surface area is 245 Å². The third kappa shape index (κ3) is 8.03. The Kier molecular flexibility index (Phi) is 11.3. The molecular weight excluding hydrogens is 518 g/mol. The van der Waals surface area contributed by atoms with Crippen LogP contribution in [0.3, 0.4) is 0 Å². The first kappa shape index (κ1) is 32.5. The van der Waals surface area contributed by atoms with Crippen molar-refractivity contribution in [1.29, 1.82) is 0 Å². The second-order valence-electron chi connectivity index (χ2n) is 12.2. The van der Waals surface area contributed by atoms with E-state index in [9.17, 15) is 19.8 Å². The Balaban J connectivity index is 1.92. The molecular formula is C34H49NO6. The average molecular weight is 568 g/mol. The number of nitrogens with zero attached hydrogens (tertiary/aromatic N) is 1. The number of aliphatic carboxylic acids is 1. The summed E-state index contributed by atoms with van der Waals surface area (Å²) in [4.78, 5) is 28.1. The number of aryl methyl sites for hydroxylation is 1. The number of benzene rings is 2. The molecule has 7 nitrogen and oxygen atoms in total. The summed E-state index contributed by atoms with van der Waals surface area (Å²) in [6.45, 7) is 13.1. The minimum absolute atomic E-state index is 0.0158. The maximum absolute atomic E-state index is 13.9. The summed E-state index contributed by atoms with van der Waals surface area (Å²) in [6, 6.07) is 13.7. The van der Waals surface area contributed by atoms with E-state index >= 15 is 0 Å². The molecule has 0 aromatic heterocycles. The van der Waals surface area contributed by atoms with Gasteiger partial charge < -0.3 is 24.6 Å². The largest absolute Gasteiger partial charge is 0.493 e. The molecule has 41 heavy (non-hydrogen) atoms. The number of carbonyl (C=O) groups is 2. The molecule has 2 unspecified atom stereocenters.